The Morgan fingerprint density at radius 3 is 1.50 bits per heavy atom. The van der Waals surface area contributed by atoms with Crippen LogP contribution in [0, 0.1) is 39.0 Å². The van der Waals surface area contributed by atoms with E-state index in [4.69, 9.17) is 0 Å². The van der Waals surface area contributed by atoms with Crippen LogP contribution in [0.25, 0.3) is 5.57 Å². The Hall–Kier alpha value is -2.93. The van der Waals surface area contributed by atoms with Crippen LogP contribution in [0.15, 0.2) is 73.3 Å². The van der Waals surface area contributed by atoms with Gasteiger partial charge in [0.2, 0.25) is 0 Å². The maximum absolute atomic E-state index is 10.2. The van der Waals surface area contributed by atoms with E-state index in [1.165, 1.54) is 54.4 Å². The van der Waals surface area contributed by atoms with E-state index in [1.807, 2.05) is 73.6 Å². The lowest BCUT2D eigenvalue weighted by molar-refractivity contribution is 0.112. The van der Waals surface area contributed by atoms with E-state index < -0.39 is 0 Å². The number of aryl methyl sites for hydroxylation is 3. The Morgan fingerprint density at radius 2 is 1.19 bits per heavy atom. The smallest absolute Gasteiger partial charge is 0.150 e. The molecule has 0 saturated carbocycles. The van der Waals surface area contributed by atoms with Crippen LogP contribution in [-0.2, 0) is 0 Å². The fourth-order valence-corrected chi connectivity index (χ4v) is 4.63. The van der Waals surface area contributed by atoms with Crippen molar-refractivity contribution in [2.24, 2.45) is 11.3 Å². The van der Waals surface area contributed by atoms with Crippen LogP contribution >= 0.6 is 0 Å². The molecule has 1 nitrogen and oxygen atoms in total. The molecule has 3 aromatic carbocycles. The van der Waals surface area contributed by atoms with Crippen LogP contribution in [0.2, 0.25) is 0 Å². The third-order valence-corrected chi connectivity index (χ3v) is 8.14. The number of benzene rings is 3. The van der Waals surface area contributed by atoms with Gasteiger partial charge in [0, 0.05) is 5.56 Å². The molecular formula is C47H80O. The third-order valence-electron chi connectivity index (χ3n) is 8.14. The minimum absolute atomic E-state index is 0.509. The molecule has 0 aromatic heterocycles. The van der Waals surface area contributed by atoms with E-state index >= 15 is 0 Å². The normalized spacial score (nSPS) is 10.1. The van der Waals surface area contributed by atoms with E-state index in [1.54, 1.807) is 11.6 Å². The first kappa shape index (κ1) is 51.9. The predicted octanol–water partition coefficient (Wildman–Crippen LogP) is 16.0. The van der Waals surface area contributed by atoms with Crippen LogP contribution in [0.5, 0.6) is 0 Å². The van der Waals surface area contributed by atoms with Gasteiger partial charge in [-0.15, -0.1) is 0 Å². The zero-order valence-electron chi connectivity index (χ0n) is 35.2. The topological polar surface area (TPSA) is 17.1 Å². The van der Waals surface area contributed by atoms with Crippen molar-refractivity contribution in [1.29, 1.82) is 0 Å². The van der Waals surface area contributed by atoms with Gasteiger partial charge in [-0.05, 0) is 93.0 Å². The molecule has 0 aliphatic carbocycles. The summed E-state index contributed by atoms with van der Waals surface area (Å²) in [6.45, 7) is 42.4. The van der Waals surface area contributed by atoms with Gasteiger partial charge >= 0.3 is 0 Å². The average molecular weight is 661 g/mol. The van der Waals surface area contributed by atoms with E-state index in [0.29, 0.717) is 5.41 Å². The highest BCUT2D eigenvalue weighted by Gasteiger charge is 2.17. The molecule has 274 valence electrons. The maximum atomic E-state index is 10.2. The summed E-state index contributed by atoms with van der Waals surface area (Å²) in [4.78, 5) is 10.2. The molecular weight excluding hydrogens is 581 g/mol. The summed E-state index contributed by atoms with van der Waals surface area (Å²) in [6.07, 6.45) is 7.39. The lowest BCUT2D eigenvalue weighted by atomic mass is 9.81. The standard InChI is InChI=1S/C15H24.C10H12.C8H8O.C8H18.3C2H6/c1-5-8-14(9-6-2)15-11-7-10-12(3)13(15)4;1-8(2)10-6-4-5-9(3)7-10;1-7-3-2-4-8(5-7)6-9;1-6-7(2)8(3,4)5;3*1-2/h7,10-11,14H,5-6,8-9H2,1-4H3;4-7H,1H2,2-3H3;2-6H,1H3;7H,6H2,1-5H3;3*1-2H3. The number of hydrogen-bond donors (Lipinski definition) is 0. The molecule has 0 saturated heterocycles. The molecule has 0 heterocycles. The summed E-state index contributed by atoms with van der Waals surface area (Å²) < 4.78 is 0. The maximum Gasteiger partial charge on any atom is 0.150 e. The molecule has 1 heteroatoms. The van der Waals surface area contributed by atoms with E-state index in [-0.39, 0.29) is 0 Å². The number of rotatable bonds is 8. The molecule has 3 aromatic rings. The highest BCUT2D eigenvalue weighted by molar-refractivity contribution is 5.74. The molecule has 48 heavy (non-hydrogen) atoms. The fourth-order valence-electron chi connectivity index (χ4n) is 4.63. The summed E-state index contributed by atoms with van der Waals surface area (Å²) in [6, 6.07) is 22.6. The zero-order chi connectivity index (χ0) is 38.3. The Morgan fingerprint density at radius 1 is 0.729 bits per heavy atom. The second kappa shape index (κ2) is 32.6. The van der Waals surface area contributed by atoms with Crippen LogP contribution in [0.4, 0.5) is 0 Å². The Balaban J connectivity index is -0.000000262. The molecule has 0 radical (unpaired) electrons. The molecule has 1 unspecified atom stereocenters. The van der Waals surface area contributed by atoms with Gasteiger partial charge in [-0.1, -0.05) is 193 Å². The summed E-state index contributed by atoms with van der Waals surface area (Å²) >= 11 is 0. The van der Waals surface area contributed by atoms with Crippen molar-refractivity contribution in [2.75, 3.05) is 0 Å². The van der Waals surface area contributed by atoms with Gasteiger partial charge in [0.15, 0.2) is 0 Å². The van der Waals surface area contributed by atoms with Crippen molar-refractivity contribution < 1.29 is 4.79 Å². The van der Waals surface area contributed by atoms with Crippen LogP contribution in [0.3, 0.4) is 0 Å². The molecule has 3 rings (SSSR count). The number of hydrogen-bond acceptors (Lipinski definition) is 1. The quantitative estimate of drug-likeness (QED) is 0.220. The predicted molar refractivity (Wildman–Crippen MR) is 224 cm³/mol. The minimum Gasteiger partial charge on any atom is -0.298 e. The number of carbonyl (C=O) groups is 1. The van der Waals surface area contributed by atoms with Crippen molar-refractivity contribution in [1.82, 2.24) is 0 Å². The summed E-state index contributed by atoms with van der Waals surface area (Å²) in [5.74, 6) is 1.63. The van der Waals surface area contributed by atoms with E-state index in [9.17, 15) is 4.79 Å². The van der Waals surface area contributed by atoms with Crippen LogP contribution in [0.1, 0.15) is 179 Å². The zero-order valence-corrected chi connectivity index (χ0v) is 35.2. The molecule has 0 bridgehead atoms. The van der Waals surface area contributed by atoms with Crippen LogP contribution < -0.4 is 0 Å². The van der Waals surface area contributed by atoms with Gasteiger partial charge in [0.25, 0.3) is 0 Å². The summed E-state index contributed by atoms with van der Waals surface area (Å²) in [5.41, 5.74) is 10.6. The van der Waals surface area contributed by atoms with Crippen molar-refractivity contribution in [3.63, 3.8) is 0 Å². The third kappa shape index (κ3) is 25.1. The number of aldehydes is 1. The van der Waals surface area contributed by atoms with Crippen molar-refractivity contribution in [3.8, 4) is 0 Å². The molecule has 0 fully saturated rings. The second-order valence-electron chi connectivity index (χ2n) is 12.9. The molecule has 0 aliphatic heterocycles. The monoisotopic (exact) mass is 661 g/mol. The second-order valence-corrected chi connectivity index (χ2v) is 12.9. The first-order valence-corrected chi connectivity index (χ1v) is 19.0. The largest absolute Gasteiger partial charge is 0.298 e. The van der Waals surface area contributed by atoms with Gasteiger partial charge < -0.3 is 0 Å². The van der Waals surface area contributed by atoms with Gasteiger partial charge in [0.05, 0.1) is 0 Å². The van der Waals surface area contributed by atoms with Gasteiger partial charge in [-0.25, -0.2) is 0 Å². The average Bonchev–Trinajstić information content (AvgIpc) is 3.08. The highest BCUT2D eigenvalue weighted by atomic mass is 16.1. The lowest BCUT2D eigenvalue weighted by Crippen LogP contribution is -2.15. The Bertz CT molecular complexity index is 1170. The Kier molecular flexibility index (Phi) is 35.3. The highest BCUT2D eigenvalue weighted by Crippen LogP contribution is 2.30. The van der Waals surface area contributed by atoms with Gasteiger partial charge in [0.1, 0.15) is 6.29 Å². The fraction of sp³-hybridized carbons (Fsp3) is 0.553. The SMILES string of the molecule is C=C(C)c1cccc(C)c1.CC.CC.CC.CCC(C)C(C)(C)C.CCCC(CCC)c1cccc(C)c1C.Cc1cccc(C=O)c1. The van der Waals surface area contributed by atoms with Crippen molar-refractivity contribution >= 4 is 11.9 Å². The first-order chi connectivity index (χ1) is 22.7. The molecule has 0 N–H and O–H groups in total. The first-order valence-electron chi connectivity index (χ1n) is 19.0. The minimum atomic E-state index is 0.509. The van der Waals surface area contributed by atoms with Crippen molar-refractivity contribution in [3.05, 3.63) is 112 Å². The van der Waals surface area contributed by atoms with E-state index in [2.05, 4.69) is 118 Å². The molecule has 0 spiro atoms. The number of allylic oxidation sites excluding steroid dienone is 1. The van der Waals surface area contributed by atoms with Gasteiger partial charge in [-0.2, -0.15) is 0 Å². The van der Waals surface area contributed by atoms with E-state index in [0.717, 1.165) is 34.8 Å². The van der Waals surface area contributed by atoms with Gasteiger partial charge in [-0.3, -0.25) is 4.79 Å². The molecule has 0 aliphatic rings. The molecule has 1 atom stereocenters. The summed E-state index contributed by atoms with van der Waals surface area (Å²) in [7, 11) is 0. The number of carbonyl (C=O) groups excluding carboxylic acids is 1. The van der Waals surface area contributed by atoms with Crippen molar-refractivity contribution in [2.45, 2.75) is 163 Å². The molecule has 0 amide bonds. The van der Waals surface area contributed by atoms with Crippen LogP contribution in [-0.4, -0.2) is 6.29 Å². The Labute approximate surface area is 302 Å². The summed E-state index contributed by atoms with van der Waals surface area (Å²) in [5, 5.41) is 0. The lowest BCUT2D eigenvalue weighted by Gasteiger charge is -2.25.